The molecule has 1 saturated heterocycles. The van der Waals surface area contributed by atoms with Crippen LogP contribution in [0.5, 0.6) is 0 Å². The number of hydrogen-bond donors (Lipinski definition) is 3. The van der Waals surface area contributed by atoms with E-state index in [4.69, 9.17) is 0 Å². The standard InChI is InChI=1S/C34H32F3N7O2S/c1-3-43-13-15-44(16-14-43)26-11-9-24(10-12-26)40-31-30-29(38-20-39-31)27(19-47-30)33(46)42-28-18-25(8-7-21(28)2)41-32(45)22-5-4-6-23(17-22)34(35,36)37/h4-12,17-20H,3,13-16H2,1-2H3,(H,41,45)(H,42,46)(H,38,39,40). The van der Waals surface area contributed by atoms with Gasteiger partial charge < -0.3 is 25.8 Å². The number of nitrogens with zero attached hydrogens (tertiary/aromatic N) is 4. The van der Waals surface area contributed by atoms with E-state index in [1.807, 2.05) is 12.1 Å². The highest BCUT2D eigenvalue weighted by Crippen LogP contribution is 2.33. The Labute approximate surface area is 273 Å². The maximum absolute atomic E-state index is 13.4. The van der Waals surface area contributed by atoms with Crippen molar-refractivity contribution >= 4 is 61.9 Å². The zero-order valence-electron chi connectivity index (χ0n) is 25.7. The van der Waals surface area contributed by atoms with Crippen molar-refractivity contribution < 1.29 is 22.8 Å². The third-order valence-corrected chi connectivity index (χ3v) is 9.08. The summed E-state index contributed by atoms with van der Waals surface area (Å²) in [5.41, 5.74) is 3.29. The summed E-state index contributed by atoms with van der Waals surface area (Å²) in [7, 11) is 0. The third-order valence-electron chi connectivity index (χ3n) is 8.11. The number of anilines is 5. The van der Waals surface area contributed by atoms with Gasteiger partial charge in [0.05, 0.1) is 21.3 Å². The molecule has 13 heteroatoms. The lowest BCUT2D eigenvalue weighted by Crippen LogP contribution is -2.46. The van der Waals surface area contributed by atoms with Gasteiger partial charge in [-0.3, -0.25) is 9.59 Å². The molecule has 1 aliphatic heterocycles. The molecule has 0 bridgehead atoms. The van der Waals surface area contributed by atoms with Gasteiger partial charge in [-0.15, -0.1) is 11.3 Å². The average molecular weight is 660 g/mol. The molecule has 6 rings (SSSR count). The molecule has 3 heterocycles. The second-order valence-corrected chi connectivity index (χ2v) is 12.0. The van der Waals surface area contributed by atoms with E-state index in [0.717, 1.165) is 60.8 Å². The summed E-state index contributed by atoms with van der Waals surface area (Å²) in [6, 6.07) is 17.3. The summed E-state index contributed by atoms with van der Waals surface area (Å²) in [4.78, 5) is 39.8. The number of benzene rings is 3. The van der Waals surface area contributed by atoms with Gasteiger partial charge in [-0.2, -0.15) is 13.2 Å². The van der Waals surface area contributed by atoms with Crippen LogP contribution >= 0.6 is 11.3 Å². The fraction of sp³-hybridized carbons (Fsp3) is 0.235. The number of thiophene rings is 1. The molecule has 2 amide bonds. The molecule has 0 spiro atoms. The van der Waals surface area contributed by atoms with Crippen LogP contribution in [0.2, 0.25) is 0 Å². The largest absolute Gasteiger partial charge is 0.416 e. The fourth-order valence-electron chi connectivity index (χ4n) is 5.38. The summed E-state index contributed by atoms with van der Waals surface area (Å²) in [5.74, 6) is -0.529. The highest BCUT2D eigenvalue weighted by atomic mass is 32.1. The van der Waals surface area contributed by atoms with Gasteiger partial charge in [0.15, 0.2) is 5.82 Å². The number of halogens is 3. The Morgan fingerprint density at radius 1 is 0.894 bits per heavy atom. The highest BCUT2D eigenvalue weighted by molar-refractivity contribution is 7.18. The molecular weight excluding hydrogens is 627 g/mol. The summed E-state index contributed by atoms with van der Waals surface area (Å²) in [6.07, 6.45) is -3.16. The van der Waals surface area contributed by atoms with Gasteiger partial charge in [-0.1, -0.05) is 19.1 Å². The zero-order chi connectivity index (χ0) is 33.1. The van der Waals surface area contributed by atoms with Crippen LogP contribution in [-0.4, -0.2) is 59.4 Å². The summed E-state index contributed by atoms with van der Waals surface area (Å²) in [5, 5.41) is 10.6. The number of rotatable bonds is 8. The molecular formula is C34H32F3N7O2S. The summed E-state index contributed by atoms with van der Waals surface area (Å²) in [6.45, 7) is 9.13. The highest BCUT2D eigenvalue weighted by Gasteiger charge is 2.31. The number of alkyl halides is 3. The minimum atomic E-state index is -4.57. The molecule has 47 heavy (non-hydrogen) atoms. The molecule has 1 fully saturated rings. The van der Waals surface area contributed by atoms with Crippen molar-refractivity contribution in [3.63, 3.8) is 0 Å². The second kappa shape index (κ2) is 13.4. The van der Waals surface area contributed by atoms with Crippen LogP contribution in [0.15, 0.2) is 78.4 Å². The Balaban J connectivity index is 1.14. The van der Waals surface area contributed by atoms with E-state index in [0.29, 0.717) is 28.3 Å². The van der Waals surface area contributed by atoms with Crippen molar-refractivity contribution in [2.45, 2.75) is 20.0 Å². The third kappa shape index (κ3) is 7.21. The van der Waals surface area contributed by atoms with Gasteiger partial charge in [0.1, 0.15) is 6.33 Å². The van der Waals surface area contributed by atoms with E-state index >= 15 is 0 Å². The van der Waals surface area contributed by atoms with Gasteiger partial charge in [0.2, 0.25) is 0 Å². The van der Waals surface area contributed by atoms with Crippen molar-refractivity contribution in [2.24, 2.45) is 0 Å². The minimum absolute atomic E-state index is 0.138. The quantitative estimate of drug-likeness (QED) is 0.160. The molecule has 0 saturated carbocycles. The number of likely N-dealkylation sites (N-methyl/N-ethyl adjacent to an activating group) is 1. The molecule has 0 atom stereocenters. The Morgan fingerprint density at radius 3 is 2.36 bits per heavy atom. The number of aromatic nitrogens is 2. The molecule has 3 N–H and O–H groups in total. The fourth-order valence-corrected chi connectivity index (χ4v) is 6.32. The molecule has 9 nitrogen and oxygen atoms in total. The number of fused-ring (bicyclic) bond motifs is 1. The van der Waals surface area contributed by atoms with Crippen LogP contribution in [0, 0.1) is 6.92 Å². The van der Waals surface area contributed by atoms with E-state index in [9.17, 15) is 22.8 Å². The van der Waals surface area contributed by atoms with Crippen LogP contribution in [-0.2, 0) is 6.18 Å². The van der Waals surface area contributed by atoms with Crippen molar-refractivity contribution in [3.05, 3.63) is 101 Å². The van der Waals surface area contributed by atoms with Crippen molar-refractivity contribution in [1.29, 1.82) is 0 Å². The first-order chi connectivity index (χ1) is 22.6. The molecule has 0 radical (unpaired) electrons. The average Bonchev–Trinajstić information content (AvgIpc) is 3.52. The first-order valence-electron chi connectivity index (χ1n) is 15.1. The predicted molar refractivity (Wildman–Crippen MR) is 180 cm³/mol. The van der Waals surface area contributed by atoms with Crippen LogP contribution in [0.4, 0.5) is 41.7 Å². The van der Waals surface area contributed by atoms with Crippen molar-refractivity contribution in [1.82, 2.24) is 14.9 Å². The zero-order valence-corrected chi connectivity index (χ0v) is 26.5. The molecule has 242 valence electrons. The normalized spacial score (nSPS) is 13.9. The van der Waals surface area contributed by atoms with Gasteiger partial charge in [-0.25, -0.2) is 9.97 Å². The predicted octanol–water partition coefficient (Wildman–Crippen LogP) is 7.41. The van der Waals surface area contributed by atoms with Crippen molar-refractivity contribution in [2.75, 3.05) is 53.6 Å². The number of amides is 2. The van der Waals surface area contributed by atoms with Gasteiger partial charge in [-0.05, 0) is 73.6 Å². The number of aryl methyl sites for hydroxylation is 1. The van der Waals surface area contributed by atoms with Crippen LogP contribution in [0.25, 0.3) is 10.2 Å². The van der Waals surface area contributed by atoms with E-state index < -0.39 is 23.6 Å². The van der Waals surface area contributed by atoms with Gasteiger partial charge in [0, 0.05) is 59.9 Å². The van der Waals surface area contributed by atoms with E-state index in [-0.39, 0.29) is 5.56 Å². The molecule has 2 aromatic heterocycles. The molecule has 1 aliphatic rings. The lowest BCUT2D eigenvalue weighted by molar-refractivity contribution is -0.137. The van der Waals surface area contributed by atoms with E-state index in [1.165, 1.54) is 35.5 Å². The van der Waals surface area contributed by atoms with Crippen LogP contribution < -0.4 is 20.9 Å². The molecule has 0 aliphatic carbocycles. The topological polar surface area (TPSA) is 102 Å². The number of hydrogen-bond acceptors (Lipinski definition) is 8. The SMILES string of the molecule is CCN1CCN(c2ccc(Nc3ncnc4c(C(=O)Nc5cc(NC(=O)c6cccc(C(F)(F)F)c6)ccc5C)csc34)cc2)CC1. The number of piperazine rings is 1. The lowest BCUT2D eigenvalue weighted by atomic mass is 10.1. The van der Waals surface area contributed by atoms with Crippen molar-refractivity contribution in [3.8, 4) is 0 Å². The number of nitrogens with one attached hydrogen (secondary N) is 3. The molecule has 3 aromatic carbocycles. The maximum Gasteiger partial charge on any atom is 0.416 e. The Kier molecular flexibility index (Phi) is 9.10. The van der Waals surface area contributed by atoms with Gasteiger partial charge >= 0.3 is 6.18 Å². The Hall–Kier alpha value is -5.01. The minimum Gasteiger partial charge on any atom is -0.369 e. The first-order valence-corrected chi connectivity index (χ1v) is 15.9. The smallest absolute Gasteiger partial charge is 0.369 e. The van der Waals surface area contributed by atoms with E-state index in [1.54, 1.807) is 30.5 Å². The Bertz CT molecular complexity index is 1920. The summed E-state index contributed by atoms with van der Waals surface area (Å²) >= 11 is 1.34. The lowest BCUT2D eigenvalue weighted by Gasteiger charge is -2.35. The molecule has 5 aromatic rings. The van der Waals surface area contributed by atoms with Gasteiger partial charge in [0.25, 0.3) is 11.8 Å². The van der Waals surface area contributed by atoms with Crippen LogP contribution in [0.3, 0.4) is 0 Å². The summed E-state index contributed by atoms with van der Waals surface area (Å²) < 4.78 is 40.1. The number of carbonyl (C=O) groups is 2. The second-order valence-electron chi connectivity index (χ2n) is 11.2. The first kappa shape index (κ1) is 32.0. The maximum atomic E-state index is 13.4. The van der Waals surface area contributed by atoms with Crippen LogP contribution in [0.1, 0.15) is 38.8 Å². The molecule has 0 unspecified atom stereocenters. The Morgan fingerprint density at radius 2 is 1.64 bits per heavy atom. The monoisotopic (exact) mass is 659 g/mol. The van der Waals surface area contributed by atoms with E-state index in [2.05, 4.69) is 54.8 Å². The number of carbonyl (C=O) groups excluding carboxylic acids is 2.